The van der Waals surface area contributed by atoms with Crippen molar-refractivity contribution in [2.45, 2.75) is 6.18 Å². The SMILES string of the molecule is O=C1NC(=O)N(c2cccc(C(F)(F)F)c2)C(=O)/C1=C\c1cc(Br)ccc1OC(=O)c1ccc(Br)cc1. The lowest BCUT2D eigenvalue weighted by Crippen LogP contribution is -2.54. The van der Waals surface area contributed by atoms with E-state index in [4.69, 9.17) is 4.74 Å². The van der Waals surface area contributed by atoms with Crippen molar-refractivity contribution in [1.29, 1.82) is 0 Å². The molecule has 3 aromatic carbocycles. The van der Waals surface area contributed by atoms with Crippen LogP contribution in [0.3, 0.4) is 0 Å². The van der Waals surface area contributed by atoms with Crippen LogP contribution in [0.15, 0.2) is 81.2 Å². The van der Waals surface area contributed by atoms with Gasteiger partial charge in [0.05, 0.1) is 16.8 Å². The van der Waals surface area contributed by atoms with Gasteiger partial charge >= 0.3 is 18.2 Å². The Morgan fingerprint density at radius 3 is 2.27 bits per heavy atom. The summed E-state index contributed by atoms with van der Waals surface area (Å²) < 4.78 is 46.2. The number of carbonyl (C=O) groups is 4. The van der Waals surface area contributed by atoms with Gasteiger partial charge in [-0.1, -0.05) is 37.9 Å². The number of anilines is 1. The first kappa shape index (κ1) is 26.3. The molecule has 1 aliphatic heterocycles. The minimum atomic E-state index is -4.72. The third-order valence-corrected chi connectivity index (χ3v) is 6.11. The topological polar surface area (TPSA) is 92.8 Å². The Morgan fingerprint density at radius 1 is 0.919 bits per heavy atom. The van der Waals surface area contributed by atoms with Crippen molar-refractivity contribution in [1.82, 2.24) is 5.32 Å². The summed E-state index contributed by atoms with van der Waals surface area (Å²) in [7, 11) is 0. The predicted molar refractivity (Wildman–Crippen MR) is 134 cm³/mol. The van der Waals surface area contributed by atoms with Gasteiger partial charge in [-0.05, 0) is 66.7 Å². The van der Waals surface area contributed by atoms with Gasteiger partial charge in [0.15, 0.2) is 0 Å². The Hall–Kier alpha value is -3.77. The van der Waals surface area contributed by atoms with Crippen LogP contribution in [0.2, 0.25) is 0 Å². The van der Waals surface area contributed by atoms with Gasteiger partial charge < -0.3 is 4.74 Å². The highest BCUT2D eigenvalue weighted by Gasteiger charge is 2.38. The molecular weight excluding hydrogens is 625 g/mol. The maximum Gasteiger partial charge on any atom is 0.416 e. The zero-order chi connectivity index (χ0) is 26.9. The molecule has 0 spiro atoms. The summed E-state index contributed by atoms with van der Waals surface area (Å²) in [5.74, 6) is -2.94. The van der Waals surface area contributed by atoms with E-state index >= 15 is 0 Å². The van der Waals surface area contributed by atoms with Crippen LogP contribution >= 0.6 is 31.9 Å². The number of alkyl halides is 3. The first-order valence-electron chi connectivity index (χ1n) is 10.3. The molecule has 4 amide bonds. The summed E-state index contributed by atoms with van der Waals surface area (Å²) in [6.45, 7) is 0. The molecule has 1 heterocycles. The molecule has 0 bridgehead atoms. The largest absolute Gasteiger partial charge is 0.422 e. The zero-order valence-corrected chi connectivity index (χ0v) is 21.5. The minimum absolute atomic E-state index is 0.00765. The number of barbiturate groups is 1. The maximum absolute atomic E-state index is 13.2. The summed E-state index contributed by atoms with van der Waals surface area (Å²) in [6.07, 6.45) is -3.64. The molecule has 188 valence electrons. The van der Waals surface area contributed by atoms with Crippen LogP contribution in [-0.2, 0) is 15.8 Å². The van der Waals surface area contributed by atoms with Gasteiger partial charge in [-0.3, -0.25) is 14.9 Å². The van der Waals surface area contributed by atoms with Gasteiger partial charge in [-0.2, -0.15) is 13.2 Å². The molecular formula is C25H13Br2F3N2O5. The number of urea groups is 1. The number of nitrogens with one attached hydrogen (secondary N) is 1. The van der Waals surface area contributed by atoms with Crippen molar-refractivity contribution in [3.63, 3.8) is 0 Å². The van der Waals surface area contributed by atoms with E-state index in [1.54, 1.807) is 18.2 Å². The second kappa shape index (κ2) is 10.3. The molecule has 12 heteroatoms. The Morgan fingerprint density at radius 2 is 1.59 bits per heavy atom. The number of benzene rings is 3. The van der Waals surface area contributed by atoms with Crippen LogP contribution in [0.1, 0.15) is 21.5 Å². The monoisotopic (exact) mass is 636 g/mol. The third kappa shape index (κ3) is 5.81. The molecule has 37 heavy (non-hydrogen) atoms. The number of imide groups is 2. The summed E-state index contributed by atoms with van der Waals surface area (Å²) in [5, 5.41) is 1.95. The molecule has 1 N–H and O–H groups in total. The summed E-state index contributed by atoms with van der Waals surface area (Å²) in [6, 6.07) is 13.2. The summed E-state index contributed by atoms with van der Waals surface area (Å²) in [4.78, 5) is 51.1. The van der Waals surface area contributed by atoms with E-state index in [0.717, 1.165) is 28.7 Å². The average Bonchev–Trinajstić information content (AvgIpc) is 2.83. The Bertz CT molecular complexity index is 1470. The van der Waals surface area contributed by atoms with E-state index < -0.39 is 41.1 Å². The second-order valence-electron chi connectivity index (χ2n) is 7.58. The predicted octanol–water partition coefficient (Wildman–Crippen LogP) is 6.12. The van der Waals surface area contributed by atoms with Crippen LogP contribution in [0, 0.1) is 0 Å². The van der Waals surface area contributed by atoms with E-state index in [1.165, 1.54) is 24.3 Å². The number of esters is 1. The molecule has 0 radical (unpaired) electrons. The van der Waals surface area contributed by atoms with Gasteiger partial charge in [0.25, 0.3) is 11.8 Å². The number of rotatable bonds is 4. The highest BCUT2D eigenvalue weighted by molar-refractivity contribution is 9.10. The number of nitrogens with zero attached hydrogens (tertiary/aromatic N) is 1. The van der Waals surface area contributed by atoms with E-state index in [-0.39, 0.29) is 22.6 Å². The molecule has 0 aromatic heterocycles. The van der Waals surface area contributed by atoms with Gasteiger partial charge in [0.2, 0.25) is 0 Å². The number of halogens is 5. The molecule has 1 aliphatic rings. The molecule has 1 fully saturated rings. The lowest BCUT2D eigenvalue weighted by Gasteiger charge is -2.27. The molecule has 0 atom stereocenters. The van der Waals surface area contributed by atoms with E-state index in [1.807, 2.05) is 5.32 Å². The molecule has 0 unspecified atom stereocenters. The Balaban J connectivity index is 1.71. The fourth-order valence-electron chi connectivity index (χ4n) is 3.34. The van der Waals surface area contributed by atoms with Gasteiger partial charge in [0, 0.05) is 14.5 Å². The van der Waals surface area contributed by atoms with Crippen molar-refractivity contribution in [3.8, 4) is 5.75 Å². The fraction of sp³-hybridized carbons (Fsp3) is 0.0400. The first-order chi connectivity index (χ1) is 17.4. The van der Waals surface area contributed by atoms with Crippen LogP contribution in [0.5, 0.6) is 5.75 Å². The zero-order valence-electron chi connectivity index (χ0n) is 18.3. The van der Waals surface area contributed by atoms with Crippen LogP contribution in [0.4, 0.5) is 23.7 Å². The van der Waals surface area contributed by atoms with E-state index in [2.05, 4.69) is 31.9 Å². The molecule has 0 saturated carbocycles. The van der Waals surface area contributed by atoms with Crippen molar-refractivity contribution >= 4 is 67.4 Å². The van der Waals surface area contributed by atoms with Gasteiger partial charge in [-0.15, -0.1) is 0 Å². The number of hydrogen-bond donors (Lipinski definition) is 1. The Labute approximate surface area is 224 Å². The van der Waals surface area contributed by atoms with Gasteiger partial charge in [-0.25, -0.2) is 14.5 Å². The maximum atomic E-state index is 13.2. The standard InChI is InChI=1S/C25H13Br2F3N2O5/c26-16-6-4-13(5-7-16)23(35)37-20-9-8-17(27)10-14(20)11-19-21(33)31-24(36)32(22(19)34)18-3-1-2-15(12-18)25(28,29)30/h1-12H,(H,31,33,36)/b19-11-. The third-order valence-electron chi connectivity index (χ3n) is 5.09. The van der Waals surface area contributed by atoms with Crippen molar-refractivity contribution < 1.29 is 37.1 Å². The molecule has 4 rings (SSSR count). The normalized spacial score (nSPS) is 15.1. The van der Waals surface area contributed by atoms with Crippen molar-refractivity contribution in [2.75, 3.05) is 4.90 Å². The average molecular weight is 638 g/mol. The molecule has 1 saturated heterocycles. The van der Waals surface area contributed by atoms with Crippen LogP contribution in [-0.4, -0.2) is 23.8 Å². The fourth-order valence-corrected chi connectivity index (χ4v) is 3.98. The number of amides is 4. The van der Waals surface area contributed by atoms with E-state index in [0.29, 0.717) is 15.4 Å². The smallest absolute Gasteiger partial charge is 0.416 e. The minimum Gasteiger partial charge on any atom is -0.422 e. The first-order valence-corrected chi connectivity index (χ1v) is 11.9. The number of carbonyl (C=O) groups excluding carboxylic acids is 4. The lowest BCUT2D eigenvalue weighted by molar-refractivity contribution is -0.137. The van der Waals surface area contributed by atoms with Crippen LogP contribution < -0.4 is 15.0 Å². The highest BCUT2D eigenvalue weighted by Crippen LogP contribution is 2.33. The quantitative estimate of drug-likeness (QED) is 0.161. The summed E-state index contributed by atoms with van der Waals surface area (Å²) in [5.41, 5.74) is -1.67. The van der Waals surface area contributed by atoms with Gasteiger partial charge in [0.1, 0.15) is 11.3 Å². The summed E-state index contributed by atoms with van der Waals surface area (Å²) >= 11 is 6.53. The highest BCUT2D eigenvalue weighted by atomic mass is 79.9. The lowest BCUT2D eigenvalue weighted by atomic mass is 10.1. The molecule has 7 nitrogen and oxygen atoms in total. The van der Waals surface area contributed by atoms with Crippen LogP contribution in [0.25, 0.3) is 6.08 Å². The second-order valence-corrected chi connectivity index (χ2v) is 9.42. The number of hydrogen-bond acceptors (Lipinski definition) is 5. The number of ether oxygens (including phenoxy) is 1. The Kier molecular flexibility index (Phi) is 7.32. The molecule has 3 aromatic rings. The van der Waals surface area contributed by atoms with E-state index in [9.17, 15) is 32.3 Å². The molecule has 0 aliphatic carbocycles. The van der Waals surface area contributed by atoms with Crippen molar-refractivity contribution in [3.05, 3.63) is 97.9 Å². The van der Waals surface area contributed by atoms with Crippen molar-refractivity contribution in [2.24, 2.45) is 0 Å².